The molecule has 2 unspecified atom stereocenters. The molecule has 17 heavy (non-hydrogen) atoms. The third-order valence-electron chi connectivity index (χ3n) is 4.14. The molecule has 4 heteroatoms. The summed E-state index contributed by atoms with van der Waals surface area (Å²) in [6.45, 7) is 9.82. The second kappa shape index (κ2) is 5.36. The lowest BCUT2D eigenvalue weighted by Crippen LogP contribution is -2.50. The first-order valence-corrected chi connectivity index (χ1v) is 6.55. The van der Waals surface area contributed by atoms with Crippen molar-refractivity contribution >= 4 is 5.91 Å². The van der Waals surface area contributed by atoms with Gasteiger partial charge in [0, 0.05) is 13.1 Å². The fourth-order valence-electron chi connectivity index (χ4n) is 2.23. The normalized spacial score (nSPS) is 28.1. The lowest BCUT2D eigenvalue weighted by atomic mass is 9.75. The maximum Gasteiger partial charge on any atom is 0.227 e. The molecule has 1 heterocycles. The number of carbonyl (C=O) groups excluding carboxylic acids is 1. The molecule has 0 radical (unpaired) electrons. The summed E-state index contributed by atoms with van der Waals surface area (Å²) < 4.78 is 0. The summed E-state index contributed by atoms with van der Waals surface area (Å²) in [4.78, 5) is 12.3. The van der Waals surface area contributed by atoms with Gasteiger partial charge in [0.05, 0.1) is 11.0 Å². The van der Waals surface area contributed by atoms with Crippen molar-refractivity contribution in [2.75, 3.05) is 19.6 Å². The average molecular weight is 242 g/mol. The minimum atomic E-state index is -0.806. The van der Waals surface area contributed by atoms with Crippen molar-refractivity contribution in [1.82, 2.24) is 10.6 Å². The Kier molecular flexibility index (Phi) is 4.55. The van der Waals surface area contributed by atoms with E-state index in [1.807, 2.05) is 6.92 Å². The Balaban J connectivity index is 2.62. The lowest BCUT2D eigenvalue weighted by Gasteiger charge is -2.32. The van der Waals surface area contributed by atoms with Gasteiger partial charge in [-0.15, -0.1) is 0 Å². The van der Waals surface area contributed by atoms with Crippen LogP contribution in [0.15, 0.2) is 0 Å². The predicted octanol–water partition coefficient (Wildman–Crippen LogP) is 0.899. The number of amides is 1. The molecular weight excluding hydrogens is 216 g/mol. The molecule has 1 aliphatic rings. The Morgan fingerprint density at radius 1 is 1.59 bits per heavy atom. The number of rotatable bonds is 5. The first-order chi connectivity index (χ1) is 7.84. The molecule has 2 atom stereocenters. The maximum atomic E-state index is 12.3. The number of hydrogen-bond donors (Lipinski definition) is 3. The molecule has 1 rings (SSSR count). The second-order valence-electron chi connectivity index (χ2n) is 5.77. The van der Waals surface area contributed by atoms with Crippen LogP contribution in [0.25, 0.3) is 0 Å². The van der Waals surface area contributed by atoms with Crippen molar-refractivity contribution in [3.05, 3.63) is 0 Å². The Hall–Kier alpha value is -0.610. The molecule has 1 saturated heterocycles. The molecular formula is C13H26N2O2. The highest BCUT2D eigenvalue weighted by molar-refractivity contribution is 5.83. The van der Waals surface area contributed by atoms with Crippen molar-refractivity contribution in [2.45, 2.75) is 46.1 Å². The van der Waals surface area contributed by atoms with Gasteiger partial charge in [-0.3, -0.25) is 4.79 Å². The minimum absolute atomic E-state index is 0.0752. The summed E-state index contributed by atoms with van der Waals surface area (Å²) in [5.74, 6) is 0.385. The predicted molar refractivity (Wildman–Crippen MR) is 68.7 cm³/mol. The largest absolute Gasteiger partial charge is 0.388 e. The van der Waals surface area contributed by atoms with Crippen LogP contribution in [0.4, 0.5) is 0 Å². The summed E-state index contributed by atoms with van der Waals surface area (Å²) in [6.07, 6.45) is 1.52. The maximum absolute atomic E-state index is 12.3. The topological polar surface area (TPSA) is 61.4 Å². The van der Waals surface area contributed by atoms with Gasteiger partial charge in [0.15, 0.2) is 0 Å². The van der Waals surface area contributed by atoms with Crippen LogP contribution in [0.2, 0.25) is 0 Å². The van der Waals surface area contributed by atoms with Gasteiger partial charge in [-0.1, -0.05) is 20.8 Å². The van der Waals surface area contributed by atoms with E-state index < -0.39 is 5.60 Å². The van der Waals surface area contributed by atoms with Crippen LogP contribution in [-0.4, -0.2) is 36.2 Å². The summed E-state index contributed by atoms with van der Waals surface area (Å²) in [5, 5.41) is 16.1. The molecule has 0 spiro atoms. The van der Waals surface area contributed by atoms with Gasteiger partial charge < -0.3 is 15.7 Å². The van der Waals surface area contributed by atoms with Crippen LogP contribution >= 0.6 is 0 Å². The first-order valence-electron chi connectivity index (χ1n) is 6.55. The zero-order valence-corrected chi connectivity index (χ0v) is 11.5. The zero-order valence-electron chi connectivity index (χ0n) is 11.5. The van der Waals surface area contributed by atoms with Crippen LogP contribution in [0, 0.1) is 11.3 Å². The highest BCUT2D eigenvalue weighted by Crippen LogP contribution is 2.34. The van der Waals surface area contributed by atoms with Crippen molar-refractivity contribution in [2.24, 2.45) is 11.3 Å². The number of hydrogen-bond acceptors (Lipinski definition) is 3. The summed E-state index contributed by atoms with van der Waals surface area (Å²) in [6, 6.07) is 0. The fourth-order valence-corrected chi connectivity index (χ4v) is 2.23. The van der Waals surface area contributed by atoms with Gasteiger partial charge in [-0.25, -0.2) is 0 Å². The molecule has 100 valence electrons. The molecule has 3 N–H and O–H groups in total. The van der Waals surface area contributed by atoms with E-state index in [0.717, 1.165) is 19.5 Å². The van der Waals surface area contributed by atoms with Gasteiger partial charge in [-0.05, 0) is 32.2 Å². The molecule has 0 saturated carbocycles. The van der Waals surface area contributed by atoms with Crippen LogP contribution in [0.3, 0.4) is 0 Å². The van der Waals surface area contributed by atoms with Crippen molar-refractivity contribution in [3.63, 3.8) is 0 Å². The SMILES string of the molecule is CCC(C)(O)CNC(=O)C1(C(C)C)CCNC1. The summed E-state index contributed by atoms with van der Waals surface area (Å²) in [7, 11) is 0. The Bertz CT molecular complexity index is 269. The average Bonchev–Trinajstić information content (AvgIpc) is 2.76. The molecule has 1 fully saturated rings. The van der Waals surface area contributed by atoms with Gasteiger partial charge in [0.2, 0.25) is 5.91 Å². The van der Waals surface area contributed by atoms with Crippen LogP contribution in [0.5, 0.6) is 0 Å². The minimum Gasteiger partial charge on any atom is -0.388 e. The van der Waals surface area contributed by atoms with Crippen LogP contribution in [-0.2, 0) is 4.79 Å². The zero-order chi connectivity index (χ0) is 13.1. The van der Waals surface area contributed by atoms with Crippen molar-refractivity contribution < 1.29 is 9.90 Å². The number of aliphatic hydroxyl groups is 1. The van der Waals surface area contributed by atoms with Gasteiger partial charge in [-0.2, -0.15) is 0 Å². The molecule has 0 aromatic rings. The number of nitrogens with one attached hydrogen (secondary N) is 2. The van der Waals surface area contributed by atoms with E-state index in [0.29, 0.717) is 18.9 Å². The molecule has 0 aromatic heterocycles. The first kappa shape index (κ1) is 14.5. The molecule has 0 aliphatic carbocycles. The highest BCUT2D eigenvalue weighted by atomic mass is 16.3. The lowest BCUT2D eigenvalue weighted by molar-refractivity contribution is -0.133. The van der Waals surface area contributed by atoms with Gasteiger partial charge in [0.1, 0.15) is 0 Å². The summed E-state index contributed by atoms with van der Waals surface area (Å²) in [5.41, 5.74) is -1.11. The third-order valence-corrected chi connectivity index (χ3v) is 4.14. The molecule has 4 nitrogen and oxygen atoms in total. The van der Waals surface area contributed by atoms with E-state index in [2.05, 4.69) is 24.5 Å². The molecule has 1 amide bonds. The molecule has 0 bridgehead atoms. The van der Waals surface area contributed by atoms with E-state index >= 15 is 0 Å². The quantitative estimate of drug-likeness (QED) is 0.671. The van der Waals surface area contributed by atoms with E-state index in [4.69, 9.17) is 0 Å². The van der Waals surface area contributed by atoms with E-state index in [1.165, 1.54) is 0 Å². The summed E-state index contributed by atoms with van der Waals surface area (Å²) >= 11 is 0. The van der Waals surface area contributed by atoms with Gasteiger partial charge in [0.25, 0.3) is 0 Å². The smallest absolute Gasteiger partial charge is 0.227 e. The third kappa shape index (κ3) is 3.19. The van der Waals surface area contributed by atoms with E-state index in [-0.39, 0.29) is 11.3 Å². The van der Waals surface area contributed by atoms with Crippen LogP contribution in [0.1, 0.15) is 40.5 Å². The van der Waals surface area contributed by atoms with Crippen molar-refractivity contribution in [1.29, 1.82) is 0 Å². The Morgan fingerprint density at radius 3 is 2.65 bits per heavy atom. The second-order valence-corrected chi connectivity index (χ2v) is 5.77. The van der Waals surface area contributed by atoms with Crippen LogP contribution < -0.4 is 10.6 Å². The van der Waals surface area contributed by atoms with E-state index in [9.17, 15) is 9.90 Å². The highest BCUT2D eigenvalue weighted by Gasteiger charge is 2.44. The van der Waals surface area contributed by atoms with Crippen molar-refractivity contribution in [3.8, 4) is 0 Å². The molecule has 1 aliphatic heterocycles. The number of carbonyl (C=O) groups is 1. The van der Waals surface area contributed by atoms with Gasteiger partial charge >= 0.3 is 0 Å². The monoisotopic (exact) mass is 242 g/mol. The fraction of sp³-hybridized carbons (Fsp3) is 0.923. The Labute approximate surface area is 104 Å². The standard InChI is InChI=1S/C13H26N2O2/c1-5-12(4,17)8-15-11(16)13(10(2)3)6-7-14-9-13/h10,14,17H,5-9H2,1-4H3,(H,15,16). The van der Waals surface area contributed by atoms with E-state index in [1.54, 1.807) is 6.92 Å². The molecule has 0 aromatic carbocycles. The Morgan fingerprint density at radius 2 is 2.24 bits per heavy atom.